The van der Waals surface area contributed by atoms with Crippen LogP contribution in [0.25, 0.3) is 16.9 Å². The van der Waals surface area contributed by atoms with Crippen LogP contribution in [0.1, 0.15) is 27.6 Å². The minimum absolute atomic E-state index is 0.326. The van der Waals surface area contributed by atoms with Gasteiger partial charge in [0.2, 0.25) is 0 Å². The van der Waals surface area contributed by atoms with Gasteiger partial charge in [-0.3, -0.25) is 9.38 Å². The molecule has 0 amide bonds. The Morgan fingerprint density at radius 2 is 1.68 bits per heavy atom. The molecule has 0 saturated carbocycles. The molecule has 0 radical (unpaired) electrons. The van der Waals surface area contributed by atoms with Crippen LogP contribution in [0, 0.1) is 0 Å². The fourth-order valence-corrected chi connectivity index (χ4v) is 3.15. The number of imidazole rings is 1. The van der Waals surface area contributed by atoms with Crippen molar-refractivity contribution in [2.75, 3.05) is 19.0 Å². The van der Waals surface area contributed by atoms with Crippen LogP contribution < -0.4 is 5.32 Å². The lowest BCUT2D eigenvalue weighted by Gasteiger charge is -2.10. The van der Waals surface area contributed by atoms with E-state index in [-0.39, 0.29) is 5.97 Å². The highest BCUT2D eigenvalue weighted by Crippen LogP contribution is 2.31. The summed E-state index contributed by atoms with van der Waals surface area (Å²) in [5.74, 6) is -0.0285. The highest BCUT2D eigenvalue weighted by molar-refractivity contribution is 5.91. The molecular weight excluding hydrogens is 396 g/mol. The molecule has 0 fully saturated rings. The van der Waals surface area contributed by atoms with Gasteiger partial charge >= 0.3 is 11.9 Å². The van der Waals surface area contributed by atoms with E-state index in [0.717, 1.165) is 17.1 Å². The largest absolute Gasteiger partial charge is 0.465 e. The zero-order valence-electron chi connectivity index (χ0n) is 17.0. The minimum atomic E-state index is -0.397. The fourth-order valence-electron chi connectivity index (χ4n) is 3.15. The predicted molar refractivity (Wildman–Crippen MR) is 115 cm³/mol. The first-order chi connectivity index (χ1) is 15.1. The molecule has 0 bridgehead atoms. The van der Waals surface area contributed by atoms with Crippen molar-refractivity contribution in [3.05, 3.63) is 78.2 Å². The van der Waals surface area contributed by atoms with Crippen LogP contribution in [-0.2, 0) is 9.47 Å². The summed E-state index contributed by atoms with van der Waals surface area (Å²) in [6.45, 7) is 2.10. The maximum atomic E-state index is 11.9. The van der Waals surface area contributed by atoms with E-state index in [2.05, 4.69) is 10.3 Å². The first kappa shape index (κ1) is 20.1. The normalized spacial score (nSPS) is 10.6. The minimum Gasteiger partial charge on any atom is -0.465 e. The number of esters is 2. The van der Waals surface area contributed by atoms with E-state index in [1.807, 2.05) is 22.7 Å². The van der Waals surface area contributed by atoms with Crippen LogP contribution >= 0.6 is 0 Å². The van der Waals surface area contributed by atoms with Crippen molar-refractivity contribution in [3.63, 3.8) is 0 Å². The molecule has 156 valence electrons. The highest BCUT2D eigenvalue weighted by atomic mass is 16.5. The number of carbonyl (C=O) groups excluding carboxylic acids is 2. The number of anilines is 2. The summed E-state index contributed by atoms with van der Waals surface area (Å²) in [7, 11) is 1.35. The average molecular weight is 416 g/mol. The number of nitrogens with one attached hydrogen (secondary N) is 1. The lowest BCUT2D eigenvalue weighted by atomic mass is 10.1. The predicted octanol–water partition coefficient (Wildman–Crippen LogP) is 4.10. The van der Waals surface area contributed by atoms with E-state index in [1.165, 1.54) is 7.11 Å². The number of benzene rings is 2. The third-order valence-electron chi connectivity index (χ3n) is 4.67. The molecule has 0 unspecified atom stereocenters. The van der Waals surface area contributed by atoms with Crippen molar-refractivity contribution >= 4 is 29.1 Å². The SMILES string of the molecule is CCOC(=O)c1ccc(Nc2c(-c3ccc(C(=O)OC)cc3)nc3cnccn23)cc1. The van der Waals surface area contributed by atoms with Gasteiger partial charge in [0.25, 0.3) is 0 Å². The summed E-state index contributed by atoms with van der Waals surface area (Å²) in [5.41, 5.74) is 3.90. The molecule has 8 nitrogen and oxygen atoms in total. The standard InChI is InChI=1S/C23H20N4O4/c1-3-31-23(29)17-8-10-18(11-9-17)25-21-20(26-19-14-24-12-13-27(19)21)15-4-6-16(7-5-15)22(28)30-2/h4-14,25H,3H2,1-2H3. The van der Waals surface area contributed by atoms with Gasteiger partial charge in [-0.15, -0.1) is 0 Å². The van der Waals surface area contributed by atoms with Gasteiger partial charge in [-0.05, 0) is 43.3 Å². The summed E-state index contributed by atoms with van der Waals surface area (Å²) >= 11 is 0. The Hall–Kier alpha value is -4.20. The monoisotopic (exact) mass is 416 g/mol. The van der Waals surface area contributed by atoms with Gasteiger partial charge < -0.3 is 14.8 Å². The second kappa shape index (κ2) is 8.66. The average Bonchev–Trinajstić information content (AvgIpc) is 3.17. The van der Waals surface area contributed by atoms with Crippen LogP contribution in [0.3, 0.4) is 0 Å². The Bertz CT molecular complexity index is 1230. The number of hydrogen-bond acceptors (Lipinski definition) is 7. The summed E-state index contributed by atoms with van der Waals surface area (Å²) in [5, 5.41) is 3.37. The Kier molecular flexibility index (Phi) is 5.61. The smallest absolute Gasteiger partial charge is 0.338 e. The van der Waals surface area contributed by atoms with Gasteiger partial charge in [0.1, 0.15) is 11.5 Å². The fraction of sp³-hybridized carbons (Fsp3) is 0.130. The van der Waals surface area contributed by atoms with Crippen molar-refractivity contribution < 1.29 is 19.1 Å². The van der Waals surface area contributed by atoms with E-state index in [1.54, 1.807) is 55.7 Å². The molecule has 4 aromatic rings. The number of nitrogens with zero attached hydrogens (tertiary/aromatic N) is 3. The molecule has 1 N–H and O–H groups in total. The topological polar surface area (TPSA) is 94.8 Å². The van der Waals surface area contributed by atoms with Crippen LogP contribution in [0.15, 0.2) is 67.1 Å². The number of fused-ring (bicyclic) bond motifs is 1. The van der Waals surface area contributed by atoms with Gasteiger partial charge in [0, 0.05) is 23.6 Å². The molecular formula is C23H20N4O4. The summed E-state index contributed by atoms with van der Waals surface area (Å²) in [6, 6.07) is 14.0. The number of ether oxygens (including phenoxy) is 2. The molecule has 0 saturated heterocycles. The maximum absolute atomic E-state index is 11.9. The van der Waals surface area contributed by atoms with Gasteiger partial charge in [0.15, 0.2) is 5.65 Å². The summed E-state index contributed by atoms with van der Waals surface area (Å²) in [6.07, 6.45) is 5.15. The number of aromatic nitrogens is 3. The van der Waals surface area contributed by atoms with E-state index in [0.29, 0.717) is 29.1 Å². The first-order valence-corrected chi connectivity index (χ1v) is 9.65. The highest BCUT2D eigenvalue weighted by Gasteiger charge is 2.16. The third kappa shape index (κ3) is 4.09. The molecule has 2 aromatic heterocycles. The third-order valence-corrected chi connectivity index (χ3v) is 4.67. The van der Waals surface area contributed by atoms with Crippen molar-refractivity contribution in [1.29, 1.82) is 0 Å². The lowest BCUT2D eigenvalue weighted by molar-refractivity contribution is 0.0525. The maximum Gasteiger partial charge on any atom is 0.338 e. The molecule has 0 spiro atoms. The molecule has 8 heteroatoms. The molecule has 0 aliphatic carbocycles. The van der Waals surface area contributed by atoms with E-state index in [9.17, 15) is 9.59 Å². The van der Waals surface area contributed by atoms with Gasteiger partial charge in [-0.25, -0.2) is 14.6 Å². The van der Waals surface area contributed by atoms with Crippen LogP contribution in [0.4, 0.5) is 11.5 Å². The molecule has 31 heavy (non-hydrogen) atoms. The van der Waals surface area contributed by atoms with Crippen molar-refractivity contribution in [2.24, 2.45) is 0 Å². The molecule has 0 aliphatic heterocycles. The summed E-state index contributed by atoms with van der Waals surface area (Å²) < 4.78 is 11.7. The van der Waals surface area contributed by atoms with Crippen LogP contribution in [0.5, 0.6) is 0 Å². The van der Waals surface area contributed by atoms with Crippen LogP contribution in [-0.4, -0.2) is 40.0 Å². The second-order valence-corrected chi connectivity index (χ2v) is 6.61. The van der Waals surface area contributed by atoms with Gasteiger partial charge in [0.05, 0.1) is 31.0 Å². The molecule has 2 heterocycles. The van der Waals surface area contributed by atoms with Gasteiger partial charge in [-0.2, -0.15) is 0 Å². The molecule has 2 aromatic carbocycles. The Labute approximate surface area is 178 Å². The number of carbonyl (C=O) groups is 2. The first-order valence-electron chi connectivity index (χ1n) is 9.65. The lowest BCUT2D eigenvalue weighted by Crippen LogP contribution is -2.04. The van der Waals surface area contributed by atoms with E-state index < -0.39 is 5.97 Å². The summed E-state index contributed by atoms with van der Waals surface area (Å²) in [4.78, 5) is 32.5. The Morgan fingerprint density at radius 1 is 1.00 bits per heavy atom. The van der Waals surface area contributed by atoms with E-state index >= 15 is 0 Å². The van der Waals surface area contributed by atoms with Crippen molar-refractivity contribution in [2.45, 2.75) is 6.92 Å². The van der Waals surface area contributed by atoms with Crippen molar-refractivity contribution in [1.82, 2.24) is 14.4 Å². The number of hydrogen-bond donors (Lipinski definition) is 1. The van der Waals surface area contributed by atoms with Crippen LogP contribution in [0.2, 0.25) is 0 Å². The zero-order chi connectivity index (χ0) is 21.8. The Balaban J connectivity index is 1.70. The van der Waals surface area contributed by atoms with Crippen molar-refractivity contribution in [3.8, 4) is 11.3 Å². The number of methoxy groups -OCH3 is 1. The van der Waals surface area contributed by atoms with E-state index in [4.69, 9.17) is 14.5 Å². The Morgan fingerprint density at radius 3 is 2.35 bits per heavy atom. The number of rotatable bonds is 6. The second-order valence-electron chi connectivity index (χ2n) is 6.61. The zero-order valence-corrected chi connectivity index (χ0v) is 17.0. The quantitative estimate of drug-likeness (QED) is 0.473. The molecule has 0 aliphatic rings. The molecule has 0 atom stereocenters. The van der Waals surface area contributed by atoms with Gasteiger partial charge in [-0.1, -0.05) is 12.1 Å². The molecule has 4 rings (SSSR count).